The van der Waals surface area contributed by atoms with E-state index in [1.54, 1.807) is 7.11 Å². The quantitative estimate of drug-likeness (QED) is 0.419. The number of benzene rings is 2. The Labute approximate surface area is 203 Å². The second-order valence-electron chi connectivity index (χ2n) is 7.92. The van der Waals surface area contributed by atoms with Crippen LogP contribution >= 0.6 is 15.9 Å². The number of carbonyl (C=O) groups excluding carboxylic acids is 1. The van der Waals surface area contributed by atoms with E-state index >= 15 is 0 Å². The van der Waals surface area contributed by atoms with Crippen LogP contribution in [0.25, 0.3) is 0 Å². The summed E-state index contributed by atoms with van der Waals surface area (Å²) in [5, 5.41) is 11.9. The molecule has 1 aliphatic rings. The minimum absolute atomic E-state index is 0.0910. The second kappa shape index (κ2) is 12.2. The zero-order valence-corrected chi connectivity index (χ0v) is 20.6. The molecule has 0 spiro atoms. The molecule has 8 heteroatoms. The lowest BCUT2D eigenvalue weighted by molar-refractivity contribution is -0.128. The average molecular weight is 519 g/mol. The Morgan fingerprint density at radius 1 is 1.18 bits per heavy atom. The minimum Gasteiger partial charge on any atom is -0.494 e. The molecule has 1 heterocycles. The average Bonchev–Trinajstić information content (AvgIpc) is 3.16. The van der Waals surface area contributed by atoms with Crippen molar-refractivity contribution >= 4 is 27.7 Å². The third-order valence-electron chi connectivity index (χ3n) is 5.56. The summed E-state index contributed by atoms with van der Waals surface area (Å²) in [4.78, 5) is 18.3. The van der Waals surface area contributed by atoms with E-state index in [0.29, 0.717) is 44.2 Å². The molecule has 33 heavy (non-hydrogen) atoms. The van der Waals surface area contributed by atoms with Crippen molar-refractivity contribution in [1.82, 2.24) is 5.32 Å². The molecule has 0 fully saturated rings. The van der Waals surface area contributed by atoms with Crippen LogP contribution in [-0.4, -0.2) is 62.0 Å². The van der Waals surface area contributed by atoms with E-state index in [4.69, 9.17) is 24.3 Å². The Morgan fingerprint density at radius 2 is 1.94 bits per heavy atom. The maximum atomic E-state index is 13.4. The lowest BCUT2D eigenvalue weighted by Crippen LogP contribution is -2.52. The summed E-state index contributed by atoms with van der Waals surface area (Å²) >= 11 is 3.60. The number of hydrogen-bond donors (Lipinski definition) is 2. The lowest BCUT2D eigenvalue weighted by Gasteiger charge is -2.28. The topological polar surface area (TPSA) is 89.4 Å². The van der Waals surface area contributed by atoms with Crippen LogP contribution in [0.2, 0.25) is 0 Å². The minimum atomic E-state index is -1.09. The first-order chi connectivity index (χ1) is 16.0. The third kappa shape index (κ3) is 6.34. The first-order valence-corrected chi connectivity index (χ1v) is 11.9. The maximum Gasteiger partial charge on any atom is 0.252 e. The molecule has 0 bridgehead atoms. The Morgan fingerprint density at radius 3 is 2.64 bits per heavy atom. The highest BCUT2D eigenvalue weighted by Crippen LogP contribution is 2.34. The molecule has 2 atom stereocenters. The first kappa shape index (κ1) is 25.2. The fourth-order valence-corrected chi connectivity index (χ4v) is 4.07. The molecule has 0 saturated heterocycles. The van der Waals surface area contributed by atoms with Gasteiger partial charge in [0.05, 0.1) is 6.61 Å². The zero-order valence-electron chi connectivity index (χ0n) is 19.1. The summed E-state index contributed by atoms with van der Waals surface area (Å²) in [5.41, 5.74) is 0.665. The van der Waals surface area contributed by atoms with Crippen molar-refractivity contribution in [2.45, 2.75) is 37.8 Å². The monoisotopic (exact) mass is 518 g/mol. The number of nitrogens with one attached hydrogen (secondary N) is 1. The summed E-state index contributed by atoms with van der Waals surface area (Å²) in [6.45, 7) is 3.50. The number of ether oxygens (including phenoxy) is 3. The van der Waals surface area contributed by atoms with E-state index in [9.17, 15) is 4.79 Å². The van der Waals surface area contributed by atoms with Gasteiger partial charge in [0.2, 0.25) is 5.90 Å². The summed E-state index contributed by atoms with van der Waals surface area (Å²) < 4.78 is 17.8. The number of methoxy groups -OCH3 is 1. The normalized spacial score (nSPS) is 19.6. The van der Waals surface area contributed by atoms with E-state index in [-0.39, 0.29) is 12.5 Å². The van der Waals surface area contributed by atoms with Crippen LogP contribution in [0.3, 0.4) is 0 Å². The molecule has 0 radical (unpaired) electrons. The number of carbonyl (C=O) groups is 1. The highest BCUT2D eigenvalue weighted by atomic mass is 79.9. The standard InChI is InChI=1S/C25H31BrN2O5/c1-18-25(24(30)27-13-5-15-31-2,17-20-7-3-4-8-22(20)26)28-23(33-18)19-9-11-21(12-10-19)32-16-6-14-29/h3-4,7-12,18,29H,5-6,13-17H2,1-2H3,(H,27,30)/t18-,25-/m1/s1. The molecule has 2 aromatic rings. The van der Waals surface area contributed by atoms with Gasteiger partial charge in [0, 0.05) is 49.7 Å². The van der Waals surface area contributed by atoms with E-state index in [2.05, 4.69) is 21.2 Å². The number of rotatable bonds is 12. The molecule has 2 N–H and O–H groups in total. The van der Waals surface area contributed by atoms with Gasteiger partial charge in [0.25, 0.3) is 5.91 Å². The Bertz CT molecular complexity index is 950. The van der Waals surface area contributed by atoms with Gasteiger partial charge in [-0.2, -0.15) is 0 Å². The van der Waals surface area contributed by atoms with Gasteiger partial charge in [0.15, 0.2) is 5.54 Å². The number of halogens is 1. The molecule has 0 saturated carbocycles. The lowest BCUT2D eigenvalue weighted by atomic mass is 9.86. The summed E-state index contributed by atoms with van der Waals surface area (Å²) in [5.74, 6) is 0.971. The molecule has 0 aliphatic carbocycles. The van der Waals surface area contributed by atoms with Crippen LogP contribution in [0.5, 0.6) is 5.75 Å². The maximum absolute atomic E-state index is 13.4. The molecule has 0 unspecified atom stereocenters. The number of nitrogens with zero attached hydrogens (tertiary/aromatic N) is 1. The van der Waals surface area contributed by atoms with Crippen LogP contribution in [0.4, 0.5) is 0 Å². The SMILES string of the molecule is COCCCNC(=O)[C@]1(Cc2ccccc2Br)N=C(c2ccc(OCCCO)cc2)O[C@@H]1C. The zero-order chi connectivity index (χ0) is 23.7. The fraction of sp³-hybridized carbons (Fsp3) is 0.440. The third-order valence-corrected chi connectivity index (χ3v) is 6.33. The van der Waals surface area contributed by atoms with Gasteiger partial charge in [0.1, 0.15) is 11.9 Å². The summed E-state index contributed by atoms with van der Waals surface area (Å²) in [6, 6.07) is 15.2. The van der Waals surface area contributed by atoms with Crippen molar-refractivity contribution in [2.24, 2.45) is 4.99 Å². The van der Waals surface area contributed by atoms with Gasteiger partial charge in [-0.3, -0.25) is 4.79 Å². The Balaban J connectivity index is 1.86. The molecule has 1 amide bonds. The molecule has 7 nitrogen and oxygen atoms in total. The molecular formula is C25H31BrN2O5. The van der Waals surface area contributed by atoms with Gasteiger partial charge in [-0.15, -0.1) is 0 Å². The van der Waals surface area contributed by atoms with E-state index in [0.717, 1.165) is 22.0 Å². The van der Waals surface area contributed by atoms with Crippen LogP contribution < -0.4 is 10.1 Å². The van der Waals surface area contributed by atoms with E-state index < -0.39 is 11.6 Å². The molecular weight excluding hydrogens is 488 g/mol. The van der Waals surface area contributed by atoms with Crippen molar-refractivity contribution in [2.75, 3.05) is 33.5 Å². The van der Waals surface area contributed by atoms with Gasteiger partial charge in [-0.25, -0.2) is 4.99 Å². The molecule has 178 valence electrons. The highest BCUT2D eigenvalue weighted by molar-refractivity contribution is 9.10. The molecule has 0 aromatic heterocycles. The fourth-order valence-electron chi connectivity index (χ4n) is 3.65. The van der Waals surface area contributed by atoms with Crippen LogP contribution in [0.1, 0.15) is 30.9 Å². The van der Waals surface area contributed by atoms with Gasteiger partial charge in [-0.1, -0.05) is 34.1 Å². The summed E-state index contributed by atoms with van der Waals surface area (Å²) in [6.07, 6.45) is 1.24. The van der Waals surface area contributed by atoms with Crippen LogP contribution in [-0.2, 0) is 20.7 Å². The highest BCUT2D eigenvalue weighted by Gasteiger charge is 2.50. The summed E-state index contributed by atoms with van der Waals surface area (Å²) in [7, 11) is 1.64. The Hall–Kier alpha value is -2.42. The second-order valence-corrected chi connectivity index (χ2v) is 8.78. The molecule has 1 aliphatic heterocycles. The van der Waals surface area contributed by atoms with Gasteiger partial charge < -0.3 is 24.6 Å². The van der Waals surface area contributed by atoms with Crippen molar-refractivity contribution < 1.29 is 24.1 Å². The van der Waals surface area contributed by atoms with Gasteiger partial charge >= 0.3 is 0 Å². The van der Waals surface area contributed by atoms with Gasteiger partial charge in [-0.05, 0) is 49.2 Å². The van der Waals surface area contributed by atoms with Crippen LogP contribution in [0.15, 0.2) is 58.0 Å². The van der Waals surface area contributed by atoms with Crippen molar-refractivity contribution in [3.05, 3.63) is 64.1 Å². The number of hydrogen-bond acceptors (Lipinski definition) is 6. The predicted octanol–water partition coefficient (Wildman–Crippen LogP) is 3.51. The molecule has 3 rings (SSSR count). The largest absolute Gasteiger partial charge is 0.494 e. The number of aliphatic hydroxyl groups excluding tert-OH is 1. The van der Waals surface area contributed by atoms with Crippen molar-refractivity contribution in [3.63, 3.8) is 0 Å². The Kier molecular flexibility index (Phi) is 9.29. The molecule has 2 aromatic carbocycles. The first-order valence-electron chi connectivity index (χ1n) is 11.1. The number of aliphatic hydroxyl groups is 1. The number of aliphatic imine (C=N–C) groups is 1. The van der Waals surface area contributed by atoms with Crippen LogP contribution in [0, 0.1) is 0 Å². The van der Waals surface area contributed by atoms with E-state index in [1.165, 1.54) is 0 Å². The van der Waals surface area contributed by atoms with E-state index in [1.807, 2.05) is 55.5 Å². The number of amides is 1. The smallest absolute Gasteiger partial charge is 0.252 e. The van der Waals surface area contributed by atoms with Crippen molar-refractivity contribution in [1.29, 1.82) is 0 Å². The van der Waals surface area contributed by atoms with Crippen molar-refractivity contribution in [3.8, 4) is 5.75 Å². The predicted molar refractivity (Wildman–Crippen MR) is 131 cm³/mol.